The van der Waals surface area contributed by atoms with Gasteiger partial charge in [0, 0.05) is 18.4 Å². The molecule has 1 amide bonds. The van der Waals surface area contributed by atoms with E-state index in [1.807, 2.05) is 74.0 Å². The molecule has 29 heavy (non-hydrogen) atoms. The Morgan fingerprint density at radius 2 is 2.00 bits per heavy atom. The van der Waals surface area contributed by atoms with Crippen molar-refractivity contribution in [3.8, 4) is 17.0 Å². The van der Waals surface area contributed by atoms with Crippen molar-refractivity contribution in [1.82, 2.24) is 9.38 Å². The van der Waals surface area contributed by atoms with E-state index < -0.39 is 0 Å². The van der Waals surface area contributed by atoms with Crippen LogP contribution in [0.2, 0.25) is 0 Å². The zero-order valence-corrected chi connectivity index (χ0v) is 17.3. The third-order valence-corrected chi connectivity index (χ3v) is 4.01. The van der Waals surface area contributed by atoms with E-state index in [9.17, 15) is 4.79 Å². The quantitative estimate of drug-likeness (QED) is 0.586. The zero-order chi connectivity index (χ0) is 20.9. The van der Waals surface area contributed by atoms with Gasteiger partial charge in [-0.2, -0.15) is 0 Å². The maximum Gasteiger partial charge on any atom is 0.250 e. The van der Waals surface area contributed by atoms with Crippen molar-refractivity contribution >= 4 is 17.2 Å². The van der Waals surface area contributed by atoms with Crippen molar-refractivity contribution in [3.05, 3.63) is 48.8 Å². The van der Waals surface area contributed by atoms with Crippen LogP contribution in [-0.4, -0.2) is 47.8 Å². The number of imidazole rings is 1. The maximum absolute atomic E-state index is 12.1. The van der Waals surface area contributed by atoms with Gasteiger partial charge in [-0.1, -0.05) is 12.1 Å². The van der Waals surface area contributed by atoms with Crippen LogP contribution in [0.4, 0.5) is 5.69 Å². The molecule has 0 bridgehead atoms. The van der Waals surface area contributed by atoms with Crippen LogP contribution in [0.25, 0.3) is 16.9 Å². The van der Waals surface area contributed by atoms with Crippen LogP contribution < -0.4 is 10.1 Å². The molecular weight excluding hydrogens is 370 g/mol. The van der Waals surface area contributed by atoms with E-state index in [0.29, 0.717) is 18.9 Å². The number of hydrogen-bond acceptors (Lipinski definition) is 5. The second kappa shape index (κ2) is 9.07. The zero-order valence-electron chi connectivity index (χ0n) is 17.3. The first-order valence-electron chi connectivity index (χ1n) is 9.49. The average molecular weight is 397 g/mol. The van der Waals surface area contributed by atoms with Gasteiger partial charge in [0.25, 0.3) is 0 Å². The second-order valence-corrected chi connectivity index (χ2v) is 7.63. The summed E-state index contributed by atoms with van der Waals surface area (Å²) in [6, 6.07) is 11.5. The summed E-state index contributed by atoms with van der Waals surface area (Å²) in [7, 11) is 1.59. The van der Waals surface area contributed by atoms with Crippen LogP contribution in [-0.2, 0) is 14.3 Å². The molecule has 154 valence electrons. The van der Waals surface area contributed by atoms with Gasteiger partial charge in [0.15, 0.2) is 0 Å². The predicted octanol–water partition coefficient (Wildman–Crippen LogP) is 3.78. The van der Waals surface area contributed by atoms with Gasteiger partial charge in [0.05, 0.1) is 31.3 Å². The molecule has 3 aromatic rings. The number of methoxy groups -OCH3 is 1. The normalized spacial score (nSPS) is 11.6. The number of amides is 1. The molecular formula is C22H27N3O4. The van der Waals surface area contributed by atoms with E-state index in [1.54, 1.807) is 7.11 Å². The highest BCUT2D eigenvalue weighted by Crippen LogP contribution is 2.26. The number of anilines is 1. The minimum Gasteiger partial charge on any atom is -0.487 e. The lowest BCUT2D eigenvalue weighted by Crippen LogP contribution is -2.23. The molecule has 1 aromatic carbocycles. The van der Waals surface area contributed by atoms with Crippen LogP contribution in [0.15, 0.2) is 48.8 Å². The summed E-state index contributed by atoms with van der Waals surface area (Å²) in [5.41, 5.74) is 3.07. The van der Waals surface area contributed by atoms with Crippen LogP contribution in [0.5, 0.6) is 5.75 Å². The Hall–Kier alpha value is -2.90. The van der Waals surface area contributed by atoms with Crippen molar-refractivity contribution < 1.29 is 19.0 Å². The van der Waals surface area contributed by atoms with Crippen LogP contribution >= 0.6 is 0 Å². The number of fused-ring (bicyclic) bond motifs is 1. The fourth-order valence-electron chi connectivity index (χ4n) is 2.85. The van der Waals surface area contributed by atoms with Crippen molar-refractivity contribution in [2.75, 3.05) is 32.2 Å². The van der Waals surface area contributed by atoms with Crippen molar-refractivity contribution in [2.45, 2.75) is 26.4 Å². The molecule has 0 fully saturated rings. The lowest BCUT2D eigenvalue weighted by atomic mass is 10.1. The van der Waals surface area contributed by atoms with Gasteiger partial charge in [0.2, 0.25) is 5.91 Å². The highest BCUT2D eigenvalue weighted by molar-refractivity contribution is 5.92. The van der Waals surface area contributed by atoms with E-state index in [4.69, 9.17) is 14.2 Å². The lowest BCUT2D eigenvalue weighted by molar-refractivity contribution is -0.121. The Morgan fingerprint density at radius 3 is 2.76 bits per heavy atom. The van der Waals surface area contributed by atoms with E-state index in [-0.39, 0.29) is 18.1 Å². The number of benzene rings is 1. The molecule has 7 heteroatoms. The summed E-state index contributed by atoms with van der Waals surface area (Å²) in [6.45, 7) is 6.85. The number of aromatic nitrogens is 2. The summed E-state index contributed by atoms with van der Waals surface area (Å²) >= 11 is 0. The highest BCUT2D eigenvalue weighted by Gasteiger charge is 2.14. The Balaban J connectivity index is 1.78. The highest BCUT2D eigenvalue weighted by atomic mass is 16.5. The largest absolute Gasteiger partial charge is 0.487 e. The summed E-state index contributed by atoms with van der Waals surface area (Å²) < 4.78 is 18.1. The molecule has 0 aliphatic rings. The first-order chi connectivity index (χ1) is 13.9. The van der Waals surface area contributed by atoms with Crippen molar-refractivity contribution in [2.24, 2.45) is 0 Å². The second-order valence-electron chi connectivity index (χ2n) is 7.63. The summed E-state index contributed by atoms with van der Waals surface area (Å²) in [5, 5.41) is 2.85. The minimum atomic E-state index is -0.288. The molecule has 0 saturated carbocycles. The molecule has 7 nitrogen and oxygen atoms in total. The first kappa shape index (κ1) is 20.8. The average Bonchev–Trinajstić information content (AvgIpc) is 3.07. The third-order valence-electron chi connectivity index (χ3n) is 4.01. The molecule has 0 saturated heterocycles. The first-order valence-corrected chi connectivity index (χ1v) is 9.49. The summed E-state index contributed by atoms with van der Waals surface area (Å²) in [5.74, 6) is 0.555. The van der Waals surface area contributed by atoms with E-state index in [1.165, 1.54) is 0 Å². The predicted molar refractivity (Wildman–Crippen MR) is 112 cm³/mol. The molecule has 2 aromatic heterocycles. The third kappa shape index (κ3) is 5.79. The van der Waals surface area contributed by atoms with E-state index in [2.05, 4.69) is 10.3 Å². The van der Waals surface area contributed by atoms with Crippen LogP contribution in [0.1, 0.15) is 20.8 Å². The Morgan fingerprint density at radius 1 is 1.17 bits per heavy atom. The number of rotatable bonds is 8. The van der Waals surface area contributed by atoms with Crippen molar-refractivity contribution in [1.29, 1.82) is 0 Å². The fourth-order valence-corrected chi connectivity index (χ4v) is 2.85. The van der Waals surface area contributed by atoms with Crippen LogP contribution in [0, 0.1) is 0 Å². The number of hydrogen-bond donors (Lipinski definition) is 1. The van der Waals surface area contributed by atoms with Crippen LogP contribution in [0.3, 0.4) is 0 Å². The fraction of sp³-hybridized carbons (Fsp3) is 0.364. The van der Waals surface area contributed by atoms with Gasteiger partial charge >= 0.3 is 0 Å². The van der Waals surface area contributed by atoms with Gasteiger partial charge in [-0.15, -0.1) is 0 Å². The molecule has 0 atom stereocenters. The Kier molecular flexibility index (Phi) is 6.51. The standard InChI is InChI=1S/C22H27N3O4/c1-22(2,3)29-18-8-9-20-23-13-19(25(20)14-18)16-6-5-7-17(12-16)24-21(26)15-28-11-10-27-4/h5-9,12-14H,10-11,15H2,1-4H3,(H,24,26). The van der Waals surface area contributed by atoms with E-state index >= 15 is 0 Å². The van der Waals surface area contributed by atoms with Gasteiger partial charge in [-0.05, 0) is 45.0 Å². The topological polar surface area (TPSA) is 74.1 Å². The molecule has 0 spiro atoms. The van der Waals surface area contributed by atoms with Crippen molar-refractivity contribution in [3.63, 3.8) is 0 Å². The number of nitrogens with zero attached hydrogens (tertiary/aromatic N) is 2. The molecule has 0 aliphatic carbocycles. The molecule has 0 radical (unpaired) electrons. The number of pyridine rings is 1. The monoisotopic (exact) mass is 397 g/mol. The molecule has 0 aliphatic heterocycles. The molecule has 0 unspecified atom stereocenters. The number of carbonyl (C=O) groups excluding carboxylic acids is 1. The minimum absolute atomic E-state index is 0.0172. The Labute approximate surface area is 170 Å². The SMILES string of the molecule is COCCOCC(=O)Nc1cccc(-c2cnc3ccc(OC(C)(C)C)cn23)c1. The lowest BCUT2D eigenvalue weighted by Gasteiger charge is -2.21. The summed E-state index contributed by atoms with van der Waals surface area (Å²) in [4.78, 5) is 16.5. The van der Waals surface area contributed by atoms with Gasteiger partial charge in [0.1, 0.15) is 23.6 Å². The molecule has 3 rings (SSSR count). The number of nitrogens with one attached hydrogen (secondary N) is 1. The van der Waals surface area contributed by atoms with Gasteiger partial charge < -0.3 is 19.5 Å². The maximum atomic E-state index is 12.1. The van der Waals surface area contributed by atoms with Gasteiger partial charge in [-0.25, -0.2) is 4.98 Å². The number of carbonyl (C=O) groups is 1. The molecule has 2 heterocycles. The Bertz CT molecular complexity index is 976. The number of ether oxygens (including phenoxy) is 3. The smallest absolute Gasteiger partial charge is 0.250 e. The van der Waals surface area contributed by atoms with E-state index in [0.717, 1.165) is 22.7 Å². The van der Waals surface area contributed by atoms with Gasteiger partial charge in [-0.3, -0.25) is 9.20 Å². The summed E-state index contributed by atoms with van der Waals surface area (Å²) in [6.07, 6.45) is 3.74. The molecule has 1 N–H and O–H groups in total.